The summed E-state index contributed by atoms with van der Waals surface area (Å²) in [5.41, 5.74) is 2.11. The van der Waals surface area contributed by atoms with Crippen LogP contribution >= 0.6 is 0 Å². The Bertz CT molecular complexity index is 415. The molecular weight excluding hydrogens is 217 g/mol. The first-order valence-corrected chi connectivity index (χ1v) is 6.46. The number of nitrogens with zero attached hydrogens (tertiary/aromatic N) is 1. The number of benzene rings is 1. The van der Waals surface area contributed by atoms with Crippen molar-refractivity contribution in [2.45, 2.75) is 37.8 Å². The maximum atomic E-state index is 13.3. The van der Waals surface area contributed by atoms with E-state index in [0.717, 1.165) is 24.2 Å². The molecule has 17 heavy (non-hydrogen) atoms. The number of piperidine rings is 1. The first kappa shape index (κ1) is 11.2. The van der Waals surface area contributed by atoms with Gasteiger partial charge in [-0.2, -0.15) is 0 Å². The van der Waals surface area contributed by atoms with Gasteiger partial charge in [-0.1, -0.05) is 12.5 Å². The second-order valence-corrected chi connectivity index (χ2v) is 5.16. The van der Waals surface area contributed by atoms with Gasteiger partial charge in [0.15, 0.2) is 0 Å². The highest BCUT2D eigenvalue weighted by Crippen LogP contribution is 2.37. The van der Waals surface area contributed by atoms with E-state index in [2.05, 4.69) is 4.90 Å². The number of hydrogen-bond donors (Lipinski definition) is 1. The number of fused-ring (bicyclic) bond motifs is 1. The molecule has 2 atom stereocenters. The zero-order valence-corrected chi connectivity index (χ0v) is 9.90. The van der Waals surface area contributed by atoms with E-state index >= 15 is 0 Å². The van der Waals surface area contributed by atoms with Crippen LogP contribution in [0.25, 0.3) is 0 Å². The molecule has 1 N–H and O–H groups in total. The minimum Gasteiger partial charge on any atom is -0.391 e. The standard InChI is InChI=1S/C14H18FNO/c15-11-5-4-10-8-13(17)14(12(10)9-11)16-6-2-1-3-7-16/h4-5,9,13-14,17H,1-3,6-8H2. The predicted molar refractivity (Wildman–Crippen MR) is 64.3 cm³/mol. The molecule has 0 bridgehead atoms. The van der Waals surface area contributed by atoms with E-state index < -0.39 is 0 Å². The molecule has 2 nitrogen and oxygen atoms in total. The third-order valence-electron chi connectivity index (χ3n) is 4.00. The fourth-order valence-electron chi connectivity index (χ4n) is 3.21. The van der Waals surface area contributed by atoms with Crippen LogP contribution in [0.2, 0.25) is 0 Å². The van der Waals surface area contributed by atoms with Crippen molar-refractivity contribution in [1.82, 2.24) is 4.90 Å². The molecule has 0 spiro atoms. The number of hydrogen-bond acceptors (Lipinski definition) is 2. The van der Waals surface area contributed by atoms with Gasteiger partial charge in [0.2, 0.25) is 0 Å². The van der Waals surface area contributed by atoms with Crippen molar-refractivity contribution in [2.24, 2.45) is 0 Å². The lowest BCUT2D eigenvalue weighted by molar-refractivity contribution is 0.0495. The van der Waals surface area contributed by atoms with Gasteiger partial charge < -0.3 is 5.11 Å². The van der Waals surface area contributed by atoms with E-state index in [1.54, 1.807) is 6.07 Å². The molecule has 3 heteroatoms. The van der Waals surface area contributed by atoms with Crippen molar-refractivity contribution in [3.05, 3.63) is 35.1 Å². The summed E-state index contributed by atoms with van der Waals surface area (Å²) in [6.07, 6.45) is 3.94. The Hall–Kier alpha value is -0.930. The molecule has 1 aromatic rings. The molecule has 1 aromatic carbocycles. The molecule has 1 heterocycles. The van der Waals surface area contributed by atoms with Gasteiger partial charge in [-0.25, -0.2) is 4.39 Å². The SMILES string of the molecule is OC1Cc2ccc(F)cc2C1N1CCCCC1. The Morgan fingerprint density at radius 1 is 1.18 bits per heavy atom. The Morgan fingerprint density at radius 2 is 1.94 bits per heavy atom. The van der Waals surface area contributed by atoms with Crippen molar-refractivity contribution in [3.63, 3.8) is 0 Å². The molecule has 1 saturated heterocycles. The topological polar surface area (TPSA) is 23.5 Å². The molecule has 1 fully saturated rings. The van der Waals surface area contributed by atoms with Crippen LogP contribution in [0.15, 0.2) is 18.2 Å². The van der Waals surface area contributed by atoms with Crippen LogP contribution in [-0.4, -0.2) is 29.2 Å². The number of halogens is 1. The normalized spacial score (nSPS) is 29.3. The van der Waals surface area contributed by atoms with Gasteiger partial charge in [0, 0.05) is 6.42 Å². The summed E-state index contributed by atoms with van der Waals surface area (Å²) in [5, 5.41) is 10.2. The molecule has 2 unspecified atom stereocenters. The number of aliphatic hydroxyl groups excluding tert-OH is 1. The van der Waals surface area contributed by atoms with Crippen molar-refractivity contribution in [1.29, 1.82) is 0 Å². The second-order valence-electron chi connectivity index (χ2n) is 5.16. The van der Waals surface area contributed by atoms with Gasteiger partial charge in [0.25, 0.3) is 0 Å². The smallest absolute Gasteiger partial charge is 0.123 e. The summed E-state index contributed by atoms with van der Waals surface area (Å²) in [6, 6.07) is 4.92. The highest BCUT2D eigenvalue weighted by molar-refractivity contribution is 5.37. The Balaban J connectivity index is 1.92. The molecule has 0 aromatic heterocycles. The largest absolute Gasteiger partial charge is 0.391 e. The summed E-state index contributed by atoms with van der Waals surface area (Å²) in [7, 11) is 0. The summed E-state index contributed by atoms with van der Waals surface area (Å²) in [6.45, 7) is 2.05. The van der Waals surface area contributed by atoms with Crippen LogP contribution in [0.4, 0.5) is 4.39 Å². The van der Waals surface area contributed by atoms with Crippen molar-refractivity contribution >= 4 is 0 Å². The maximum absolute atomic E-state index is 13.3. The molecule has 1 aliphatic heterocycles. The van der Waals surface area contributed by atoms with Crippen molar-refractivity contribution in [3.8, 4) is 0 Å². The molecule has 0 amide bonds. The summed E-state index contributed by atoms with van der Waals surface area (Å²) >= 11 is 0. The van der Waals surface area contributed by atoms with Gasteiger partial charge in [0.1, 0.15) is 5.82 Å². The molecule has 3 rings (SSSR count). The van der Waals surface area contributed by atoms with Crippen LogP contribution in [-0.2, 0) is 6.42 Å². The van der Waals surface area contributed by atoms with Crippen LogP contribution in [0.3, 0.4) is 0 Å². The molecule has 0 saturated carbocycles. The van der Waals surface area contributed by atoms with Gasteiger partial charge in [-0.3, -0.25) is 4.90 Å². The molecule has 0 radical (unpaired) electrons. The zero-order chi connectivity index (χ0) is 11.8. The average Bonchev–Trinajstić information content (AvgIpc) is 2.65. The lowest BCUT2D eigenvalue weighted by Crippen LogP contribution is -2.37. The maximum Gasteiger partial charge on any atom is 0.123 e. The average molecular weight is 235 g/mol. The van der Waals surface area contributed by atoms with E-state index in [4.69, 9.17) is 0 Å². The molecule has 92 valence electrons. The van der Waals surface area contributed by atoms with Crippen LogP contribution in [0.5, 0.6) is 0 Å². The number of aliphatic hydroxyl groups is 1. The monoisotopic (exact) mass is 235 g/mol. The fourth-order valence-corrected chi connectivity index (χ4v) is 3.21. The minimum atomic E-state index is -0.370. The van der Waals surface area contributed by atoms with Crippen LogP contribution in [0.1, 0.15) is 36.4 Å². The first-order chi connectivity index (χ1) is 8.25. The van der Waals surface area contributed by atoms with Gasteiger partial charge in [0.05, 0.1) is 12.1 Å². The highest BCUT2D eigenvalue weighted by Gasteiger charge is 2.35. The molecule has 2 aliphatic rings. The van der Waals surface area contributed by atoms with Crippen LogP contribution in [0, 0.1) is 5.82 Å². The zero-order valence-electron chi connectivity index (χ0n) is 9.90. The second kappa shape index (κ2) is 4.39. The van der Waals surface area contributed by atoms with Crippen molar-refractivity contribution in [2.75, 3.05) is 13.1 Å². The number of likely N-dealkylation sites (tertiary alicyclic amines) is 1. The summed E-state index contributed by atoms with van der Waals surface area (Å²) < 4.78 is 13.3. The minimum absolute atomic E-state index is 0.0148. The molecular formula is C14H18FNO. The van der Waals surface area contributed by atoms with Gasteiger partial charge in [-0.05, 0) is 49.2 Å². The highest BCUT2D eigenvalue weighted by atomic mass is 19.1. The summed E-state index contributed by atoms with van der Waals surface area (Å²) in [5.74, 6) is -0.195. The van der Waals surface area contributed by atoms with Crippen LogP contribution < -0.4 is 0 Å². The van der Waals surface area contributed by atoms with Gasteiger partial charge >= 0.3 is 0 Å². The van der Waals surface area contributed by atoms with E-state index in [0.29, 0.717) is 6.42 Å². The predicted octanol–water partition coefficient (Wildman–Crippen LogP) is 2.27. The van der Waals surface area contributed by atoms with E-state index in [1.807, 2.05) is 6.07 Å². The Kier molecular flexibility index (Phi) is 2.89. The molecule has 1 aliphatic carbocycles. The Morgan fingerprint density at radius 3 is 2.71 bits per heavy atom. The lowest BCUT2D eigenvalue weighted by Gasteiger charge is -2.34. The first-order valence-electron chi connectivity index (χ1n) is 6.46. The Labute approximate surface area is 101 Å². The van der Waals surface area contributed by atoms with E-state index in [1.165, 1.54) is 25.3 Å². The van der Waals surface area contributed by atoms with E-state index in [9.17, 15) is 9.50 Å². The van der Waals surface area contributed by atoms with Crippen molar-refractivity contribution < 1.29 is 9.50 Å². The van der Waals surface area contributed by atoms with E-state index in [-0.39, 0.29) is 18.0 Å². The van der Waals surface area contributed by atoms with Gasteiger partial charge in [-0.15, -0.1) is 0 Å². The quantitative estimate of drug-likeness (QED) is 0.807. The third-order valence-corrected chi connectivity index (χ3v) is 4.00. The fraction of sp³-hybridized carbons (Fsp3) is 0.571. The number of rotatable bonds is 1. The lowest BCUT2D eigenvalue weighted by atomic mass is 10.0. The third kappa shape index (κ3) is 1.98. The summed E-state index contributed by atoms with van der Waals surface area (Å²) in [4.78, 5) is 2.32.